The number of nitrogens with one attached hydrogen (secondary N) is 1. The zero-order valence-electron chi connectivity index (χ0n) is 17.9. The van der Waals surface area contributed by atoms with Gasteiger partial charge >= 0.3 is 0 Å². The number of fused-ring (bicyclic) bond motifs is 3. The van der Waals surface area contributed by atoms with E-state index >= 15 is 0 Å². The van der Waals surface area contributed by atoms with Crippen molar-refractivity contribution in [3.05, 3.63) is 95.6 Å². The van der Waals surface area contributed by atoms with Crippen LogP contribution in [-0.2, 0) is 11.2 Å². The van der Waals surface area contributed by atoms with Crippen LogP contribution in [0.4, 0.5) is 0 Å². The maximum atomic E-state index is 13.1. The second-order valence-corrected chi connectivity index (χ2v) is 8.33. The Hall–Kier alpha value is -3.51. The molecule has 1 aromatic heterocycles. The number of amides is 1. The molecule has 2 aliphatic rings. The lowest BCUT2D eigenvalue weighted by Gasteiger charge is -2.19. The first-order chi connectivity index (χ1) is 15.7. The number of aliphatic imine (C=N–C) groups is 1. The van der Waals surface area contributed by atoms with Crippen LogP contribution in [0.5, 0.6) is 0 Å². The fourth-order valence-electron chi connectivity index (χ4n) is 4.47. The molecule has 6 heteroatoms. The molecule has 1 aliphatic heterocycles. The van der Waals surface area contributed by atoms with Crippen LogP contribution in [-0.4, -0.2) is 27.2 Å². The quantitative estimate of drug-likeness (QED) is 0.651. The number of para-hydroxylation sites is 1. The number of nitrogens with two attached hydrogens (primary N) is 1. The van der Waals surface area contributed by atoms with Gasteiger partial charge in [0.25, 0.3) is 0 Å². The second kappa shape index (κ2) is 8.93. The number of allylic oxidation sites excluding steroid dienone is 2. The molecule has 2 heterocycles. The van der Waals surface area contributed by atoms with Gasteiger partial charge in [-0.15, -0.1) is 0 Å². The molecule has 0 spiro atoms. The summed E-state index contributed by atoms with van der Waals surface area (Å²) in [6, 6.07) is 17.4. The minimum Gasteiger partial charge on any atom is -0.327 e. The number of imidazole rings is 1. The van der Waals surface area contributed by atoms with E-state index in [2.05, 4.69) is 28.5 Å². The van der Waals surface area contributed by atoms with Gasteiger partial charge in [0.15, 0.2) is 12.0 Å². The highest BCUT2D eigenvalue weighted by atomic mass is 16.2. The minimum absolute atomic E-state index is 0.236. The molecule has 162 valence electrons. The third kappa shape index (κ3) is 4.01. The topological polar surface area (TPSA) is 85.3 Å². The molecule has 0 fully saturated rings. The zero-order valence-corrected chi connectivity index (χ0v) is 17.9. The third-order valence-corrected chi connectivity index (χ3v) is 6.10. The molecule has 0 saturated heterocycles. The first-order valence-corrected chi connectivity index (χ1v) is 11.2. The molecule has 5 rings (SSSR count). The van der Waals surface area contributed by atoms with Crippen LogP contribution in [0, 0.1) is 0 Å². The summed E-state index contributed by atoms with van der Waals surface area (Å²) >= 11 is 0. The Morgan fingerprint density at radius 1 is 1.12 bits per heavy atom. The summed E-state index contributed by atoms with van der Waals surface area (Å²) in [5, 5.41) is 3.06. The average molecular weight is 426 g/mol. The van der Waals surface area contributed by atoms with Crippen LogP contribution in [0.1, 0.15) is 48.8 Å². The highest BCUT2D eigenvalue weighted by Crippen LogP contribution is 2.31. The lowest BCUT2D eigenvalue weighted by atomic mass is 9.91. The standard InChI is InChI=1S/C26H27N5O/c27-21(17-18-9-3-1-4-10-18)26(32)30-24-25-28-15-16-31(25)22-14-8-7-13-20(22)23(29-24)19-11-5-2-6-12-19/h1,3-4,7-11,13-16,21,24H,2,5-6,12,17,27H2,(H,30,32)/t21-,24?/m0/s1. The summed E-state index contributed by atoms with van der Waals surface area (Å²) < 4.78 is 2.02. The van der Waals surface area contributed by atoms with Gasteiger partial charge < -0.3 is 11.1 Å². The van der Waals surface area contributed by atoms with Crippen molar-refractivity contribution in [1.82, 2.24) is 14.9 Å². The van der Waals surface area contributed by atoms with Crippen LogP contribution < -0.4 is 11.1 Å². The lowest BCUT2D eigenvalue weighted by Crippen LogP contribution is -2.43. The van der Waals surface area contributed by atoms with Crippen molar-refractivity contribution >= 4 is 11.6 Å². The Labute approximate surface area is 187 Å². The van der Waals surface area contributed by atoms with E-state index in [1.165, 1.54) is 12.0 Å². The monoisotopic (exact) mass is 425 g/mol. The highest BCUT2D eigenvalue weighted by Gasteiger charge is 2.29. The molecular formula is C26H27N5O. The Morgan fingerprint density at radius 3 is 2.75 bits per heavy atom. The number of rotatable bonds is 5. The maximum Gasteiger partial charge on any atom is 0.239 e. The van der Waals surface area contributed by atoms with Crippen LogP contribution >= 0.6 is 0 Å². The smallest absolute Gasteiger partial charge is 0.239 e. The van der Waals surface area contributed by atoms with E-state index in [1.54, 1.807) is 6.20 Å². The van der Waals surface area contributed by atoms with Gasteiger partial charge in [0.1, 0.15) is 0 Å². The van der Waals surface area contributed by atoms with Gasteiger partial charge in [-0.05, 0) is 49.3 Å². The zero-order chi connectivity index (χ0) is 21.9. The third-order valence-electron chi connectivity index (χ3n) is 6.10. The molecule has 6 nitrogen and oxygen atoms in total. The van der Waals surface area contributed by atoms with Crippen molar-refractivity contribution in [2.24, 2.45) is 10.7 Å². The SMILES string of the molecule is N[C@@H](Cc1ccccc1)C(=O)NC1N=C(C2=CCCCC2)c2ccccc2-n2ccnc21. The molecule has 1 aliphatic carbocycles. The van der Waals surface area contributed by atoms with Crippen molar-refractivity contribution in [1.29, 1.82) is 0 Å². The number of carbonyl (C=O) groups excluding carboxylic acids is 1. The van der Waals surface area contributed by atoms with E-state index in [9.17, 15) is 4.79 Å². The number of hydrogen-bond acceptors (Lipinski definition) is 4. The Bertz CT molecular complexity index is 1180. The molecule has 32 heavy (non-hydrogen) atoms. The van der Waals surface area contributed by atoms with E-state index in [-0.39, 0.29) is 5.91 Å². The van der Waals surface area contributed by atoms with Crippen molar-refractivity contribution in [2.75, 3.05) is 0 Å². The van der Waals surface area contributed by atoms with Gasteiger partial charge in [0.05, 0.1) is 17.4 Å². The highest BCUT2D eigenvalue weighted by molar-refractivity contribution is 6.15. The van der Waals surface area contributed by atoms with E-state index in [4.69, 9.17) is 10.7 Å². The molecule has 2 atom stereocenters. The van der Waals surface area contributed by atoms with Gasteiger partial charge in [0.2, 0.25) is 5.91 Å². The fraction of sp³-hybridized carbons (Fsp3) is 0.269. The molecule has 0 radical (unpaired) electrons. The summed E-state index contributed by atoms with van der Waals surface area (Å²) in [4.78, 5) is 22.7. The van der Waals surface area contributed by atoms with E-state index in [1.807, 2.05) is 53.2 Å². The predicted octanol–water partition coefficient (Wildman–Crippen LogP) is 3.86. The van der Waals surface area contributed by atoms with Crippen molar-refractivity contribution in [3.8, 4) is 5.69 Å². The number of aromatic nitrogens is 2. The molecule has 0 saturated carbocycles. The first-order valence-electron chi connectivity index (χ1n) is 11.2. The van der Waals surface area contributed by atoms with Gasteiger partial charge in [0, 0.05) is 18.0 Å². The Morgan fingerprint density at radius 2 is 1.94 bits per heavy atom. The molecule has 3 aromatic rings. The van der Waals surface area contributed by atoms with Gasteiger partial charge in [-0.2, -0.15) is 0 Å². The summed E-state index contributed by atoms with van der Waals surface area (Å²) in [6.07, 6.45) is 10.2. The summed E-state index contributed by atoms with van der Waals surface area (Å²) in [5.74, 6) is 0.448. The fourth-order valence-corrected chi connectivity index (χ4v) is 4.47. The number of nitrogens with zero attached hydrogens (tertiary/aromatic N) is 3. The van der Waals surface area contributed by atoms with E-state index in [0.29, 0.717) is 12.2 Å². The van der Waals surface area contributed by atoms with Crippen LogP contribution in [0.3, 0.4) is 0 Å². The Balaban J connectivity index is 1.50. The largest absolute Gasteiger partial charge is 0.327 e. The van der Waals surface area contributed by atoms with Crippen LogP contribution in [0.25, 0.3) is 5.69 Å². The normalized spacial score (nSPS) is 18.5. The Kier molecular flexibility index (Phi) is 5.69. The second-order valence-electron chi connectivity index (χ2n) is 8.33. The summed E-state index contributed by atoms with van der Waals surface area (Å²) in [7, 11) is 0. The van der Waals surface area contributed by atoms with E-state index in [0.717, 1.165) is 41.8 Å². The summed E-state index contributed by atoms with van der Waals surface area (Å²) in [5.41, 5.74) is 11.6. The van der Waals surface area contributed by atoms with Gasteiger partial charge in [-0.25, -0.2) is 4.98 Å². The van der Waals surface area contributed by atoms with Gasteiger partial charge in [-0.3, -0.25) is 14.4 Å². The molecule has 1 unspecified atom stereocenters. The minimum atomic E-state index is -0.668. The molecule has 1 amide bonds. The molecule has 2 aromatic carbocycles. The molecular weight excluding hydrogens is 398 g/mol. The van der Waals surface area contributed by atoms with Crippen molar-refractivity contribution in [3.63, 3.8) is 0 Å². The number of carbonyl (C=O) groups is 1. The summed E-state index contributed by atoms with van der Waals surface area (Å²) in [6.45, 7) is 0. The van der Waals surface area contributed by atoms with Gasteiger partial charge in [-0.1, -0.05) is 54.6 Å². The maximum absolute atomic E-state index is 13.1. The van der Waals surface area contributed by atoms with Crippen LogP contribution in [0.2, 0.25) is 0 Å². The molecule has 0 bridgehead atoms. The predicted molar refractivity (Wildman–Crippen MR) is 126 cm³/mol. The lowest BCUT2D eigenvalue weighted by molar-refractivity contribution is -0.123. The average Bonchev–Trinajstić information content (AvgIpc) is 3.28. The molecule has 3 N–H and O–H groups in total. The first kappa shape index (κ1) is 20.4. The number of benzene rings is 2. The van der Waals surface area contributed by atoms with Crippen molar-refractivity contribution in [2.45, 2.75) is 44.3 Å². The van der Waals surface area contributed by atoms with Crippen molar-refractivity contribution < 1.29 is 4.79 Å². The van der Waals surface area contributed by atoms with E-state index < -0.39 is 12.2 Å². The number of hydrogen-bond donors (Lipinski definition) is 2. The van der Waals surface area contributed by atoms with Crippen LogP contribution in [0.15, 0.2) is 83.6 Å².